The Labute approximate surface area is 128 Å². The van der Waals surface area contributed by atoms with Crippen LogP contribution in [-0.4, -0.2) is 24.4 Å². The van der Waals surface area contributed by atoms with E-state index in [0.29, 0.717) is 5.92 Å². The van der Waals surface area contributed by atoms with Crippen molar-refractivity contribution in [2.75, 3.05) is 13.2 Å². The Bertz CT molecular complexity index is 416. The third-order valence-corrected chi connectivity index (χ3v) is 5.63. The van der Waals surface area contributed by atoms with Crippen LogP contribution in [0.1, 0.15) is 56.9 Å². The Kier molecular flexibility index (Phi) is 4.97. The van der Waals surface area contributed by atoms with Gasteiger partial charge < -0.3 is 9.84 Å². The van der Waals surface area contributed by atoms with Gasteiger partial charge >= 0.3 is 0 Å². The summed E-state index contributed by atoms with van der Waals surface area (Å²) in [6.07, 6.45) is 9.06. The largest absolute Gasteiger partial charge is 0.392 e. The number of hydrogen-bond acceptors (Lipinski definition) is 2. The van der Waals surface area contributed by atoms with E-state index in [1.807, 2.05) is 0 Å². The minimum Gasteiger partial charge on any atom is -0.392 e. The molecule has 1 heterocycles. The molecule has 1 aromatic carbocycles. The summed E-state index contributed by atoms with van der Waals surface area (Å²) in [5.74, 6) is 0.635. The van der Waals surface area contributed by atoms with Gasteiger partial charge in [-0.3, -0.25) is 0 Å². The predicted molar refractivity (Wildman–Crippen MR) is 85.4 cm³/mol. The SMILES string of the molecule is OC(CC1CCOCC1)C1(c2ccccc2)CCCCC1. The van der Waals surface area contributed by atoms with E-state index in [1.54, 1.807) is 0 Å². The molecule has 0 bridgehead atoms. The molecule has 2 nitrogen and oxygen atoms in total. The molecule has 21 heavy (non-hydrogen) atoms. The van der Waals surface area contributed by atoms with E-state index < -0.39 is 0 Å². The molecular weight excluding hydrogens is 260 g/mol. The van der Waals surface area contributed by atoms with Crippen molar-refractivity contribution in [3.05, 3.63) is 35.9 Å². The average molecular weight is 288 g/mol. The highest BCUT2D eigenvalue weighted by Gasteiger charge is 2.41. The van der Waals surface area contributed by atoms with Crippen molar-refractivity contribution in [2.24, 2.45) is 5.92 Å². The quantitative estimate of drug-likeness (QED) is 0.905. The molecule has 1 atom stereocenters. The van der Waals surface area contributed by atoms with Gasteiger partial charge in [0, 0.05) is 18.6 Å². The van der Waals surface area contributed by atoms with E-state index >= 15 is 0 Å². The van der Waals surface area contributed by atoms with Gasteiger partial charge in [0.05, 0.1) is 6.10 Å². The van der Waals surface area contributed by atoms with Gasteiger partial charge in [0.15, 0.2) is 0 Å². The average Bonchev–Trinajstić information content (AvgIpc) is 2.57. The van der Waals surface area contributed by atoms with E-state index in [0.717, 1.165) is 45.3 Å². The molecule has 0 amide bonds. The van der Waals surface area contributed by atoms with Crippen LogP contribution in [0.2, 0.25) is 0 Å². The van der Waals surface area contributed by atoms with Gasteiger partial charge in [-0.25, -0.2) is 0 Å². The summed E-state index contributed by atoms with van der Waals surface area (Å²) in [7, 11) is 0. The first-order chi connectivity index (χ1) is 10.3. The van der Waals surface area contributed by atoms with E-state index in [1.165, 1.54) is 24.8 Å². The number of ether oxygens (including phenoxy) is 1. The third kappa shape index (κ3) is 3.32. The lowest BCUT2D eigenvalue weighted by atomic mass is 9.64. The molecule has 2 heteroatoms. The second kappa shape index (κ2) is 6.93. The number of benzene rings is 1. The molecular formula is C19H28O2. The highest BCUT2D eigenvalue weighted by atomic mass is 16.5. The van der Waals surface area contributed by atoms with Gasteiger partial charge in [-0.2, -0.15) is 0 Å². The first-order valence-electron chi connectivity index (χ1n) is 8.63. The van der Waals surface area contributed by atoms with E-state index in [9.17, 15) is 5.11 Å². The summed E-state index contributed by atoms with van der Waals surface area (Å²) in [4.78, 5) is 0. The van der Waals surface area contributed by atoms with Gasteiger partial charge in [-0.1, -0.05) is 49.6 Å². The molecule has 1 unspecified atom stereocenters. The number of hydrogen-bond donors (Lipinski definition) is 1. The topological polar surface area (TPSA) is 29.5 Å². The van der Waals surface area contributed by atoms with Crippen molar-refractivity contribution in [1.29, 1.82) is 0 Å². The molecule has 0 aromatic heterocycles. The normalized spacial score (nSPS) is 24.6. The Morgan fingerprint density at radius 2 is 1.71 bits per heavy atom. The monoisotopic (exact) mass is 288 g/mol. The maximum atomic E-state index is 11.1. The maximum absolute atomic E-state index is 11.1. The summed E-state index contributed by atoms with van der Waals surface area (Å²) in [6, 6.07) is 10.8. The zero-order chi connectivity index (χ0) is 14.5. The number of aliphatic hydroxyl groups excluding tert-OH is 1. The molecule has 2 aliphatic rings. The van der Waals surface area contributed by atoms with Crippen molar-refractivity contribution in [2.45, 2.75) is 62.9 Å². The maximum Gasteiger partial charge on any atom is 0.0639 e. The smallest absolute Gasteiger partial charge is 0.0639 e. The van der Waals surface area contributed by atoms with E-state index in [4.69, 9.17) is 4.74 Å². The predicted octanol–water partition coefficient (Wildman–Crippen LogP) is 4.07. The van der Waals surface area contributed by atoms with Gasteiger partial charge in [-0.15, -0.1) is 0 Å². The molecule has 1 saturated heterocycles. The van der Waals surface area contributed by atoms with Crippen LogP contribution in [0, 0.1) is 5.92 Å². The highest BCUT2D eigenvalue weighted by molar-refractivity contribution is 5.27. The first kappa shape index (κ1) is 15.1. The zero-order valence-corrected chi connectivity index (χ0v) is 13.0. The summed E-state index contributed by atoms with van der Waals surface area (Å²) < 4.78 is 5.45. The zero-order valence-electron chi connectivity index (χ0n) is 13.0. The van der Waals surface area contributed by atoms with Gasteiger partial charge in [-0.05, 0) is 43.6 Å². The van der Waals surface area contributed by atoms with Gasteiger partial charge in [0.2, 0.25) is 0 Å². The molecule has 1 aliphatic heterocycles. The Balaban J connectivity index is 1.78. The third-order valence-electron chi connectivity index (χ3n) is 5.63. The van der Waals surface area contributed by atoms with Crippen LogP contribution in [0.25, 0.3) is 0 Å². The lowest BCUT2D eigenvalue weighted by molar-refractivity contribution is 0.00531. The molecule has 0 spiro atoms. The Morgan fingerprint density at radius 1 is 1.05 bits per heavy atom. The molecule has 1 aromatic rings. The van der Waals surface area contributed by atoms with Crippen LogP contribution < -0.4 is 0 Å². The van der Waals surface area contributed by atoms with E-state index in [-0.39, 0.29) is 11.5 Å². The van der Waals surface area contributed by atoms with Crippen LogP contribution in [-0.2, 0) is 10.2 Å². The van der Waals surface area contributed by atoms with Crippen LogP contribution in [0.3, 0.4) is 0 Å². The summed E-state index contributed by atoms with van der Waals surface area (Å²) in [5, 5.41) is 11.1. The standard InChI is InChI=1S/C19H28O2/c20-18(15-16-9-13-21-14-10-16)19(11-5-2-6-12-19)17-7-3-1-4-8-17/h1,3-4,7-8,16,18,20H,2,5-6,9-15H2. The van der Waals surface area contributed by atoms with Crippen LogP contribution in [0.15, 0.2) is 30.3 Å². The van der Waals surface area contributed by atoms with Crippen molar-refractivity contribution in [1.82, 2.24) is 0 Å². The van der Waals surface area contributed by atoms with Crippen LogP contribution >= 0.6 is 0 Å². The first-order valence-corrected chi connectivity index (χ1v) is 8.63. The minimum absolute atomic E-state index is 0.00217. The fraction of sp³-hybridized carbons (Fsp3) is 0.684. The Morgan fingerprint density at radius 3 is 2.38 bits per heavy atom. The molecule has 0 radical (unpaired) electrons. The number of aliphatic hydroxyl groups is 1. The molecule has 1 aliphatic carbocycles. The Hall–Kier alpha value is -0.860. The van der Waals surface area contributed by atoms with Crippen molar-refractivity contribution < 1.29 is 9.84 Å². The lowest BCUT2D eigenvalue weighted by Gasteiger charge is -2.43. The van der Waals surface area contributed by atoms with Gasteiger partial charge in [0.1, 0.15) is 0 Å². The second-order valence-corrected chi connectivity index (χ2v) is 6.89. The molecule has 3 rings (SSSR count). The van der Waals surface area contributed by atoms with Crippen molar-refractivity contribution in [3.63, 3.8) is 0 Å². The molecule has 1 saturated carbocycles. The molecule has 1 N–H and O–H groups in total. The lowest BCUT2D eigenvalue weighted by Crippen LogP contribution is -2.43. The van der Waals surface area contributed by atoms with Crippen molar-refractivity contribution >= 4 is 0 Å². The van der Waals surface area contributed by atoms with Crippen molar-refractivity contribution in [3.8, 4) is 0 Å². The molecule has 2 fully saturated rings. The summed E-state index contributed by atoms with van der Waals surface area (Å²) in [5.41, 5.74) is 1.35. The summed E-state index contributed by atoms with van der Waals surface area (Å²) in [6.45, 7) is 1.74. The fourth-order valence-electron chi connectivity index (χ4n) is 4.29. The molecule has 116 valence electrons. The van der Waals surface area contributed by atoms with E-state index in [2.05, 4.69) is 30.3 Å². The fourth-order valence-corrected chi connectivity index (χ4v) is 4.29. The van der Waals surface area contributed by atoms with Crippen LogP contribution in [0.4, 0.5) is 0 Å². The minimum atomic E-state index is -0.205. The second-order valence-electron chi connectivity index (χ2n) is 6.89. The van der Waals surface area contributed by atoms with Gasteiger partial charge in [0.25, 0.3) is 0 Å². The number of rotatable bonds is 4. The van der Waals surface area contributed by atoms with Crippen LogP contribution in [0.5, 0.6) is 0 Å². The summed E-state index contributed by atoms with van der Waals surface area (Å²) >= 11 is 0. The highest BCUT2D eigenvalue weighted by Crippen LogP contribution is 2.44.